The van der Waals surface area contributed by atoms with Gasteiger partial charge < -0.3 is 10.4 Å². The molecule has 1 aliphatic carbocycles. The molecular formula is C13H17NO. The highest BCUT2D eigenvalue weighted by atomic mass is 16.3. The van der Waals surface area contributed by atoms with Crippen molar-refractivity contribution in [3.8, 4) is 0 Å². The highest BCUT2D eigenvalue weighted by Crippen LogP contribution is 2.28. The summed E-state index contributed by atoms with van der Waals surface area (Å²) in [6.07, 6.45) is 4.53. The first-order chi connectivity index (χ1) is 7.27. The van der Waals surface area contributed by atoms with Crippen molar-refractivity contribution in [3.63, 3.8) is 0 Å². The Balaban J connectivity index is 1.89. The zero-order chi connectivity index (χ0) is 10.3. The summed E-state index contributed by atoms with van der Waals surface area (Å²) in [7, 11) is 0. The number of fused-ring (bicyclic) bond motifs is 1. The number of hydrogen-bond donors (Lipinski definition) is 2. The third-order valence-corrected chi connectivity index (χ3v) is 3.67. The Kier molecular flexibility index (Phi) is 2.08. The van der Waals surface area contributed by atoms with Crippen molar-refractivity contribution in [2.45, 2.75) is 31.3 Å². The molecule has 0 aromatic heterocycles. The van der Waals surface area contributed by atoms with Crippen LogP contribution in [0.2, 0.25) is 0 Å². The van der Waals surface area contributed by atoms with Crippen LogP contribution < -0.4 is 5.32 Å². The number of rotatable bonds is 2. The van der Waals surface area contributed by atoms with Crippen LogP contribution in [0.1, 0.15) is 23.1 Å². The predicted octanol–water partition coefficient (Wildman–Crippen LogP) is 1.05. The molecule has 0 radical (unpaired) electrons. The van der Waals surface area contributed by atoms with Gasteiger partial charge in [0.25, 0.3) is 0 Å². The lowest BCUT2D eigenvalue weighted by atomic mass is 9.86. The molecule has 0 atom stereocenters. The Hall–Kier alpha value is -0.860. The van der Waals surface area contributed by atoms with Gasteiger partial charge in [-0.15, -0.1) is 0 Å². The summed E-state index contributed by atoms with van der Waals surface area (Å²) >= 11 is 0. The molecule has 0 saturated carbocycles. The van der Waals surface area contributed by atoms with Crippen LogP contribution in [-0.4, -0.2) is 23.8 Å². The minimum Gasteiger partial charge on any atom is -0.387 e. The Morgan fingerprint density at radius 3 is 2.87 bits per heavy atom. The monoisotopic (exact) mass is 203 g/mol. The first-order valence-electron chi connectivity index (χ1n) is 5.80. The van der Waals surface area contributed by atoms with Crippen LogP contribution in [0.25, 0.3) is 0 Å². The summed E-state index contributed by atoms with van der Waals surface area (Å²) < 4.78 is 0. The molecule has 80 valence electrons. The summed E-state index contributed by atoms with van der Waals surface area (Å²) in [4.78, 5) is 0. The van der Waals surface area contributed by atoms with Crippen molar-refractivity contribution in [3.05, 3.63) is 34.9 Å². The lowest BCUT2D eigenvalue weighted by Gasteiger charge is -2.38. The van der Waals surface area contributed by atoms with Gasteiger partial charge >= 0.3 is 0 Å². The molecule has 2 N–H and O–H groups in total. The number of nitrogens with one attached hydrogen (secondary N) is 1. The van der Waals surface area contributed by atoms with E-state index in [2.05, 4.69) is 23.5 Å². The molecular weight excluding hydrogens is 186 g/mol. The Bertz CT molecular complexity index is 382. The van der Waals surface area contributed by atoms with Crippen LogP contribution in [0.4, 0.5) is 0 Å². The first-order valence-corrected chi connectivity index (χ1v) is 5.80. The van der Waals surface area contributed by atoms with Gasteiger partial charge in [-0.25, -0.2) is 0 Å². The third kappa shape index (κ3) is 1.58. The Morgan fingerprint density at radius 2 is 2.13 bits per heavy atom. The molecule has 1 aliphatic heterocycles. The van der Waals surface area contributed by atoms with E-state index in [1.165, 1.54) is 36.0 Å². The molecule has 1 aromatic rings. The van der Waals surface area contributed by atoms with Gasteiger partial charge in [0.2, 0.25) is 0 Å². The van der Waals surface area contributed by atoms with Crippen molar-refractivity contribution in [1.82, 2.24) is 5.32 Å². The maximum atomic E-state index is 10.1. The largest absolute Gasteiger partial charge is 0.387 e. The quantitative estimate of drug-likeness (QED) is 0.753. The Morgan fingerprint density at radius 1 is 1.27 bits per heavy atom. The fraction of sp³-hybridized carbons (Fsp3) is 0.538. The minimum atomic E-state index is -0.474. The maximum Gasteiger partial charge on any atom is 0.0935 e. The van der Waals surface area contributed by atoms with Gasteiger partial charge in [0.1, 0.15) is 0 Å². The van der Waals surface area contributed by atoms with E-state index in [9.17, 15) is 5.11 Å². The molecule has 0 bridgehead atoms. The van der Waals surface area contributed by atoms with Crippen LogP contribution in [0.5, 0.6) is 0 Å². The third-order valence-electron chi connectivity index (χ3n) is 3.67. The molecule has 0 amide bonds. The molecule has 1 aromatic carbocycles. The number of benzene rings is 1. The van der Waals surface area contributed by atoms with Gasteiger partial charge in [-0.05, 0) is 36.0 Å². The molecule has 1 heterocycles. The molecule has 15 heavy (non-hydrogen) atoms. The van der Waals surface area contributed by atoms with Crippen LogP contribution in [-0.2, 0) is 19.3 Å². The SMILES string of the molecule is OC1(Cc2cccc3c2CCC3)CNC1. The van der Waals surface area contributed by atoms with E-state index >= 15 is 0 Å². The number of β-amino-alcohol motifs (C(OH)–C–C–N with tert-alkyl or cyclic N) is 1. The van der Waals surface area contributed by atoms with Crippen molar-refractivity contribution in [2.75, 3.05) is 13.1 Å². The predicted molar refractivity (Wildman–Crippen MR) is 60.0 cm³/mol. The second-order valence-electron chi connectivity index (χ2n) is 4.91. The van der Waals surface area contributed by atoms with Gasteiger partial charge in [0.15, 0.2) is 0 Å². The van der Waals surface area contributed by atoms with E-state index < -0.39 is 5.60 Å². The van der Waals surface area contributed by atoms with Crippen LogP contribution in [0, 0.1) is 0 Å². The lowest BCUT2D eigenvalue weighted by Crippen LogP contribution is -2.60. The van der Waals surface area contributed by atoms with Crippen molar-refractivity contribution >= 4 is 0 Å². The van der Waals surface area contributed by atoms with E-state index in [4.69, 9.17) is 0 Å². The van der Waals surface area contributed by atoms with Crippen LogP contribution in [0.15, 0.2) is 18.2 Å². The number of aliphatic hydroxyl groups is 1. The molecule has 1 fully saturated rings. The molecule has 2 nitrogen and oxygen atoms in total. The standard InChI is InChI=1S/C13H17NO/c15-13(8-14-9-13)7-11-5-1-3-10-4-2-6-12(10)11/h1,3,5,14-15H,2,4,6-9H2. The lowest BCUT2D eigenvalue weighted by molar-refractivity contribution is -0.00916. The highest BCUT2D eigenvalue weighted by molar-refractivity contribution is 5.39. The fourth-order valence-electron chi connectivity index (χ4n) is 2.76. The smallest absolute Gasteiger partial charge is 0.0935 e. The minimum absolute atomic E-state index is 0.474. The summed E-state index contributed by atoms with van der Waals surface area (Å²) in [6.45, 7) is 1.49. The fourth-order valence-corrected chi connectivity index (χ4v) is 2.76. The van der Waals surface area contributed by atoms with E-state index in [1.54, 1.807) is 0 Å². The second kappa shape index (κ2) is 3.32. The number of hydrogen-bond acceptors (Lipinski definition) is 2. The Labute approximate surface area is 90.3 Å². The summed E-state index contributed by atoms with van der Waals surface area (Å²) in [6, 6.07) is 6.55. The van der Waals surface area contributed by atoms with E-state index in [1.807, 2.05) is 0 Å². The maximum absolute atomic E-state index is 10.1. The average Bonchev–Trinajstić information content (AvgIpc) is 2.64. The van der Waals surface area contributed by atoms with Gasteiger partial charge in [0.05, 0.1) is 5.60 Å². The highest BCUT2D eigenvalue weighted by Gasteiger charge is 2.35. The molecule has 0 spiro atoms. The van der Waals surface area contributed by atoms with E-state index in [0.29, 0.717) is 0 Å². The first kappa shape index (κ1) is 9.37. The van der Waals surface area contributed by atoms with Crippen molar-refractivity contribution in [1.29, 1.82) is 0 Å². The topological polar surface area (TPSA) is 32.3 Å². The van der Waals surface area contributed by atoms with Gasteiger partial charge in [-0.3, -0.25) is 0 Å². The average molecular weight is 203 g/mol. The second-order valence-corrected chi connectivity index (χ2v) is 4.91. The van der Waals surface area contributed by atoms with Crippen LogP contribution >= 0.6 is 0 Å². The molecule has 2 aliphatic rings. The molecule has 3 rings (SSSR count). The number of aryl methyl sites for hydroxylation is 1. The van der Waals surface area contributed by atoms with Gasteiger partial charge in [0, 0.05) is 19.5 Å². The van der Waals surface area contributed by atoms with E-state index in [0.717, 1.165) is 19.5 Å². The van der Waals surface area contributed by atoms with Crippen molar-refractivity contribution in [2.24, 2.45) is 0 Å². The summed E-state index contributed by atoms with van der Waals surface area (Å²) in [5.41, 5.74) is 3.91. The van der Waals surface area contributed by atoms with E-state index in [-0.39, 0.29) is 0 Å². The summed E-state index contributed by atoms with van der Waals surface area (Å²) in [5.74, 6) is 0. The normalized spacial score (nSPS) is 22.2. The summed E-state index contributed by atoms with van der Waals surface area (Å²) in [5, 5.41) is 13.3. The molecule has 2 heteroatoms. The van der Waals surface area contributed by atoms with Crippen molar-refractivity contribution < 1.29 is 5.11 Å². The zero-order valence-electron chi connectivity index (χ0n) is 8.92. The zero-order valence-corrected chi connectivity index (χ0v) is 8.92. The van der Waals surface area contributed by atoms with Crippen LogP contribution in [0.3, 0.4) is 0 Å². The molecule has 0 unspecified atom stereocenters. The van der Waals surface area contributed by atoms with Gasteiger partial charge in [-0.2, -0.15) is 0 Å². The molecule has 1 saturated heterocycles. The van der Waals surface area contributed by atoms with Gasteiger partial charge in [-0.1, -0.05) is 18.2 Å².